The summed E-state index contributed by atoms with van der Waals surface area (Å²) in [5.41, 5.74) is 1.18. The summed E-state index contributed by atoms with van der Waals surface area (Å²) in [4.78, 5) is 34.2. The minimum absolute atomic E-state index is 0.169. The Morgan fingerprint density at radius 2 is 1.82 bits per heavy atom. The predicted molar refractivity (Wildman–Crippen MR) is 79.3 cm³/mol. The molecule has 0 spiro atoms. The van der Waals surface area contributed by atoms with Crippen LogP contribution >= 0.6 is 0 Å². The van der Waals surface area contributed by atoms with Crippen molar-refractivity contribution in [1.82, 2.24) is 0 Å². The van der Waals surface area contributed by atoms with E-state index < -0.39 is 18.0 Å². The van der Waals surface area contributed by atoms with Crippen LogP contribution in [0.3, 0.4) is 0 Å². The number of amides is 2. The largest absolute Gasteiger partial charge is 0.454 e. The lowest BCUT2D eigenvalue weighted by molar-refractivity contribution is -0.156. The van der Waals surface area contributed by atoms with Crippen LogP contribution in [0.25, 0.3) is 0 Å². The van der Waals surface area contributed by atoms with Gasteiger partial charge >= 0.3 is 5.97 Å². The zero-order valence-electron chi connectivity index (χ0n) is 12.3. The van der Waals surface area contributed by atoms with Gasteiger partial charge in [-0.3, -0.25) is 9.59 Å². The highest BCUT2D eigenvalue weighted by Gasteiger charge is 2.25. The van der Waals surface area contributed by atoms with Gasteiger partial charge in [-0.15, -0.1) is 0 Å². The predicted octanol–water partition coefficient (Wildman–Crippen LogP) is 1.31. The van der Waals surface area contributed by atoms with Crippen LogP contribution in [0.15, 0.2) is 24.3 Å². The van der Waals surface area contributed by atoms with Gasteiger partial charge in [0.25, 0.3) is 5.91 Å². The molecular formula is C15H18N2O5. The van der Waals surface area contributed by atoms with E-state index in [2.05, 4.69) is 10.6 Å². The molecule has 118 valence electrons. The average Bonchev–Trinajstić information content (AvgIpc) is 3.00. The fraction of sp³-hybridized carbons (Fsp3) is 0.400. The molecule has 0 aromatic heterocycles. The molecule has 1 saturated heterocycles. The van der Waals surface area contributed by atoms with E-state index in [1.165, 1.54) is 6.92 Å². The number of carbonyl (C=O) groups excluding carboxylic acids is 3. The number of anilines is 2. The van der Waals surface area contributed by atoms with E-state index in [1.807, 2.05) is 0 Å². The van der Waals surface area contributed by atoms with Gasteiger partial charge in [-0.05, 0) is 37.1 Å². The van der Waals surface area contributed by atoms with Crippen molar-refractivity contribution in [2.75, 3.05) is 23.8 Å². The number of carbonyl (C=O) groups is 3. The first-order chi connectivity index (χ1) is 10.5. The maximum Gasteiger partial charge on any atom is 0.335 e. The molecule has 22 heavy (non-hydrogen) atoms. The maximum atomic E-state index is 11.7. The Balaban J connectivity index is 1.76. The van der Waals surface area contributed by atoms with Gasteiger partial charge < -0.3 is 20.1 Å². The monoisotopic (exact) mass is 306 g/mol. The minimum Gasteiger partial charge on any atom is -0.454 e. The van der Waals surface area contributed by atoms with Crippen molar-refractivity contribution in [2.45, 2.75) is 25.9 Å². The summed E-state index contributed by atoms with van der Waals surface area (Å²) < 4.78 is 10.1. The van der Waals surface area contributed by atoms with Crippen LogP contribution in [0.4, 0.5) is 11.4 Å². The standard InChI is InChI=1S/C15H18N2O5/c1-10(18)16-11-4-6-12(7-5-11)17-14(19)9-22-15(20)13-3-2-8-21-13/h4-7,13H,2-3,8-9H2,1H3,(H,16,18)(H,17,19)/t13-/m0/s1. The molecule has 1 aromatic carbocycles. The molecule has 7 heteroatoms. The lowest BCUT2D eigenvalue weighted by atomic mass is 10.2. The van der Waals surface area contributed by atoms with Gasteiger partial charge in [-0.2, -0.15) is 0 Å². The molecule has 7 nitrogen and oxygen atoms in total. The summed E-state index contributed by atoms with van der Waals surface area (Å²) in [6.45, 7) is 1.61. The lowest BCUT2D eigenvalue weighted by Gasteiger charge is -2.10. The highest BCUT2D eigenvalue weighted by atomic mass is 16.6. The second-order valence-electron chi connectivity index (χ2n) is 4.92. The van der Waals surface area contributed by atoms with E-state index in [0.29, 0.717) is 24.4 Å². The van der Waals surface area contributed by atoms with Crippen molar-refractivity contribution in [1.29, 1.82) is 0 Å². The molecule has 1 aliphatic rings. The Bertz CT molecular complexity index is 550. The van der Waals surface area contributed by atoms with Crippen LogP contribution in [-0.4, -0.2) is 37.1 Å². The van der Waals surface area contributed by atoms with Gasteiger partial charge in [-0.25, -0.2) is 4.79 Å². The van der Waals surface area contributed by atoms with Crippen molar-refractivity contribution < 1.29 is 23.9 Å². The average molecular weight is 306 g/mol. The molecule has 0 radical (unpaired) electrons. The topological polar surface area (TPSA) is 93.7 Å². The number of nitrogens with one attached hydrogen (secondary N) is 2. The van der Waals surface area contributed by atoms with Crippen LogP contribution in [0.2, 0.25) is 0 Å². The Labute approximate surface area is 128 Å². The lowest BCUT2D eigenvalue weighted by Crippen LogP contribution is -2.27. The normalized spacial score (nSPS) is 16.9. The highest BCUT2D eigenvalue weighted by Crippen LogP contribution is 2.14. The van der Waals surface area contributed by atoms with Crippen molar-refractivity contribution in [3.05, 3.63) is 24.3 Å². The molecule has 2 rings (SSSR count). The van der Waals surface area contributed by atoms with E-state index >= 15 is 0 Å². The molecule has 1 fully saturated rings. The Morgan fingerprint density at radius 3 is 2.36 bits per heavy atom. The van der Waals surface area contributed by atoms with Crippen molar-refractivity contribution >= 4 is 29.2 Å². The zero-order valence-corrected chi connectivity index (χ0v) is 12.3. The molecule has 0 aliphatic carbocycles. The molecule has 2 amide bonds. The second kappa shape index (κ2) is 7.56. The number of benzene rings is 1. The number of esters is 1. The molecule has 1 heterocycles. The van der Waals surface area contributed by atoms with Crippen LogP contribution in [-0.2, 0) is 23.9 Å². The molecule has 0 saturated carbocycles. The number of ether oxygens (including phenoxy) is 2. The third-order valence-corrected chi connectivity index (χ3v) is 3.03. The van der Waals surface area contributed by atoms with E-state index in [0.717, 1.165) is 6.42 Å². The minimum atomic E-state index is -0.551. The fourth-order valence-corrected chi connectivity index (χ4v) is 2.03. The van der Waals surface area contributed by atoms with Crippen molar-refractivity contribution in [2.24, 2.45) is 0 Å². The maximum absolute atomic E-state index is 11.7. The van der Waals surface area contributed by atoms with Gasteiger partial charge in [0.05, 0.1) is 0 Å². The second-order valence-corrected chi connectivity index (χ2v) is 4.92. The first-order valence-electron chi connectivity index (χ1n) is 7.00. The molecule has 1 atom stereocenters. The summed E-state index contributed by atoms with van der Waals surface area (Å²) in [5.74, 6) is -1.11. The van der Waals surface area contributed by atoms with Crippen molar-refractivity contribution in [3.63, 3.8) is 0 Å². The third-order valence-electron chi connectivity index (χ3n) is 3.03. The third kappa shape index (κ3) is 4.85. The van der Waals surface area contributed by atoms with Crippen LogP contribution in [0.5, 0.6) is 0 Å². The van der Waals surface area contributed by atoms with Crippen LogP contribution in [0, 0.1) is 0 Å². The summed E-state index contributed by atoms with van der Waals surface area (Å²) in [7, 11) is 0. The van der Waals surface area contributed by atoms with E-state index in [9.17, 15) is 14.4 Å². The first kappa shape index (κ1) is 16.0. The summed E-state index contributed by atoms with van der Waals surface area (Å²) >= 11 is 0. The Kier molecular flexibility index (Phi) is 5.48. The quantitative estimate of drug-likeness (QED) is 0.800. The van der Waals surface area contributed by atoms with E-state index in [1.54, 1.807) is 24.3 Å². The highest BCUT2D eigenvalue weighted by molar-refractivity contribution is 5.94. The van der Waals surface area contributed by atoms with Gasteiger partial charge in [0.1, 0.15) is 0 Å². The van der Waals surface area contributed by atoms with E-state index in [-0.39, 0.29) is 12.5 Å². The van der Waals surface area contributed by atoms with Crippen LogP contribution < -0.4 is 10.6 Å². The van der Waals surface area contributed by atoms with Gasteiger partial charge in [0.15, 0.2) is 12.7 Å². The number of rotatable bonds is 5. The molecular weight excluding hydrogens is 288 g/mol. The summed E-state index contributed by atoms with van der Waals surface area (Å²) in [6, 6.07) is 6.61. The van der Waals surface area contributed by atoms with Gasteiger partial charge in [0, 0.05) is 24.9 Å². The van der Waals surface area contributed by atoms with Gasteiger partial charge in [0.2, 0.25) is 5.91 Å². The van der Waals surface area contributed by atoms with E-state index in [4.69, 9.17) is 9.47 Å². The Hall–Kier alpha value is -2.41. The molecule has 2 N–H and O–H groups in total. The summed E-state index contributed by atoms with van der Waals surface area (Å²) in [5, 5.41) is 5.22. The smallest absolute Gasteiger partial charge is 0.335 e. The molecule has 1 aromatic rings. The zero-order chi connectivity index (χ0) is 15.9. The van der Waals surface area contributed by atoms with Crippen LogP contribution in [0.1, 0.15) is 19.8 Å². The summed E-state index contributed by atoms with van der Waals surface area (Å²) in [6.07, 6.45) is 0.905. The van der Waals surface area contributed by atoms with Crippen molar-refractivity contribution in [3.8, 4) is 0 Å². The molecule has 0 unspecified atom stereocenters. The first-order valence-corrected chi connectivity index (χ1v) is 7.00. The van der Waals surface area contributed by atoms with Gasteiger partial charge in [-0.1, -0.05) is 0 Å². The number of hydrogen-bond acceptors (Lipinski definition) is 5. The fourth-order valence-electron chi connectivity index (χ4n) is 2.03. The Morgan fingerprint density at radius 1 is 1.18 bits per heavy atom. The molecule has 0 bridgehead atoms. The number of hydrogen-bond donors (Lipinski definition) is 2. The molecule has 1 aliphatic heterocycles. The SMILES string of the molecule is CC(=O)Nc1ccc(NC(=O)COC(=O)[C@@H]2CCCO2)cc1.